The molecule has 0 saturated heterocycles. The van der Waals surface area contributed by atoms with E-state index in [2.05, 4.69) is 28.6 Å². The van der Waals surface area contributed by atoms with E-state index in [1.54, 1.807) is 20.9 Å². The summed E-state index contributed by atoms with van der Waals surface area (Å²) in [4.78, 5) is 22.3. The number of amides is 1. The molecule has 1 amide bonds. The van der Waals surface area contributed by atoms with E-state index >= 15 is 0 Å². The van der Waals surface area contributed by atoms with E-state index in [0.29, 0.717) is 6.54 Å². The first-order chi connectivity index (χ1) is 9.42. The molecule has 0 rings (SSSR count). The quantitative estimate of drug-likeness (QED) is 0.205. The van der Waals surface area contributed by atoms with Gasteiger partial charge in [-0.15, -0.1) is 0 Å². The van der Waals surface area contributed by atoms with Gasteiger partial charge in [0, 0.05) is 0 Å². The lowest BCUT2D eigenvalue weighted by Gasteiger charge is -2.21. The summed E-state index contributed by atoms with van der Waals surface area (Å²) in [5, 5.41) is 18.3. The second-order valence-electron chi connectivity index (χ2n) is 4.86. The molecule has 3 atom stereocenters. The van der Waals surface area contributed by atoms with Crippen molar-refractivity contribution in [3.63, 3.8) is 0 Å². The van der Waals surface area contributed by atoms with Crippen LogP contribution >= 0.6 is 12.6 Å². The molecule has 0 saturated carbocycles. The fourth-order valence-electron chi connectivity index (χ4n) is 1.83. The molecule has 0 heterocycles. The van der Waals surface area contributed by atoms with Crippen molar-refractivity contribution in [1.82, 2.24) is 16.0 Å². The standard InChI is InChI=1S/C13H27N3O3S/c1-9(16-12(18)8-20)13(19)15-7-5-4-6-11(14-3)10(2)17/h9,11,13-15,19-20H,4-8H2,1-3H3,(H,16,18)/t9?,11-,13?/m0/s1. The number of hydrogen-bond donors (Lipinski definition) is 5. The molecule has 0 aliphatic carbocycles. The number of aliphatic hydroxyl groups excluding tert-OH is 1. The van der Waals surface area contributed by atoms with Gasteiger partial charge in [0.1, 0.15) is 12.0 Å². The number of carbonyl (C=O) groups is 2. The molecule has 0 aliphatic heterocycles. The molecule has 20 heavy (non-hydrogen) atoms. The molecule has 7 heteroatoms. The van der Waals surface area contributed by atoms with Gasteiger partial charge in [-0.2, -0.15) is 12.6 Å². The van der Waals surface area contributed by atoms with Crippen LogP contribution in [-0.4, -0.2) is 54.5 Å². The molecule has 0 fully saturated rings. The Labute approximate surface area is 126 Å². The molecule has 0 bridgehead atoms. The second-order valence-corrected chi connectivity index (χ2v) is 5.18. The minimum atomic E-state index is -0.785. The van der Waals surface area contributed by atoms with Crippen LogP contribution in [0.5, 0.6) is 0 Å². The van der Waals surface area contributed by atoms with Crippen LogP contribution in [0.25, 0.3) is 0 Å². The molecule has 0 aromatic heterocycles. The summed E-state index contributed by atoms with van der Waals surface area (Å²) in [5.41, 5.74) is 0. The Morgan fingerprint density at radius 1 is 1.30 bits per heavy atom. The number of ketones is 1. The van der Waals surface area contributed by atoms with E-state index in [9.17, 15) is 14.7 Å². The molecule has 0 aromatic carbocycles. The summed E-state index contributed by atoms with van der Waals surface area (Å²) in [6.07, 6.45) is 1.75. The van der Waals surface area contributed by atoms with Gasteiger partial charge in [0.2, 0.25) is 5.91 Å². The Balaban J connectivity index is 3.73. The highest BCUT2D eigenvalue weighted by Crippen LogP contribution is 2.01. The summed E-state index contributed by atoms with van der Waals surface area (Å²) < 4.78 is 0. The summed E-state index contributed by atoms with van der Waals surface area (Å²) in [6.45, 7) is 3.94. The number of hydrogen-bond acceptors (Lipinski definition) is 6. The Kier molecular flexibility index (Phi) is 10.7. The second kappa shape index (κ2) is 11.1. The van der Waals surface area contributed by atoms with E-state index in [4.69, 9.17) is 0 Å². The average Bonchev–Trinajstić information content (AvgIpc) is 2.41. The fraction of sp³-hybridized carbons (Fsp3) is 0.846. The number of likely N-dealkylation sites (N-methyl/N-ethyl adjacent to an activating group) is 1. The zero-order chi connectivity index (χ0) is 15.5. The zero-order valence-electron chi connectivity index (χ0n) is 12.5. The topological polar surface area (TPSA) is 90.5 Å². The lowest BCUT2D eigenvalue weighted by Crippen LogP contribution is -2.48. The monoisotopic (exact) mass is 305 g/mol. The van der Waals surface area contributed by atoms with Crippen molar-refractivity contribution in [3.05, 3.63) is 0 Å². The number of thiol groups is 1. The maximum atomic E-state index is 11.2. The molecule has 0 aliphatic rings. The molecular weight excluding hydrogens is 278 g/mol. The van der Waals surface area contributed by atoms with Crippen LogP contribution in [0, 0.1) is 0 Å². The Morgan fingerprint density at radius 2 is 1.95 bits per heavy atom. The number of carbonyl (C=O) groups excluding carboxylic acids is 2. The largest absolute Gasteiger partial charge is 0.376 e. The predicted molar refractivity (Wildman–Crippen MR) is 82.8 cm³/mol. The zero-order valence-corrected chi connectivity index (χ0v) is 13.4. The van der Waals surface area contributed by atoms with Gasteiger partial charge < -0.3 is 15.7 Å². The minimum Gasteiger partial charge on any atom is -0.376 e. The first kappa shape index (κ1) is 19.4. The third kappa shape index (κ3) is 8.52. The van der Waals surface area contributed by atoms with Crippen molar-refractivity contribution in [2.45, 2.75) is 51.4 Å². The maximum absolute atomic E-state index is 11.2. The predicted octanol–water partition coefficient (Wildman–Crippen LogP) is -0.324. The highest BCUT2D eigenvalue weighted by atomic mass is 32.1. The SMILES string of the molecule is CN[C@@H](CCCCNC(O)C(C)NC(=O)CS)C(C)=O. The molecule has 118 valence electrons. The van der Waals surface area contributed by atoms with Gasteiger partial charge in [-0.05, 0) is 40.3 Å². The molecule has 6 nitrogen and oxygen atoms in total. The average molecular weight is 305 g/mol. The van der Waals surface area contributed by atoms with E-state index in [1.165, 1.54) is 0 Å². The highest BCUT2D eigenvalue weighted by molar-refractivity contribution is 7.81. The molecule has 0 aromatic rings. The lowest BCUT2D eigenvalue weighted by atomic mass is 10.1. The van der Waals surface area contributed by atoms with Gasteiger partial charge in [-0.25, -0.2) is 0 Å². The number of rotatable bonds is 11. The van der Waals surface area contributed by atoms with E-state index in [-0.39, 0.29) is 29.5 Å². The van der Waals surface area contributed by atoms with Gasteiger partial charge >= 0.3 is 0 Å². The minimum absolute atomic E-state index is 0.0893. The first-order valence-corrected chi connectivity index (χ1v) is 7.55. The fourth-order valence-corrected chi connectivity index (χ4v) is 1.92. The van der Waals surface area contributed by atoms with Crippen LogP contribution in [-0.2, 0) is 9.59 Å². The molecule has 2 unspecified atom stereocenters. The number of Topliss-reactive ketones (excluding diaryl/α,β-unsaturated/α-hetero) is 1. The Bertz CT molecular complexity index is 303. The Morgan fingerprint density at radius 3 is 2.45 bits per heavy atom. The van der Waals surface area contributed by atoms with E-state index < -0.39 is 6.23 Å². The molecular formula is C13H27N3O3S. The summed E-state index contributed by atoms with van der Waals surface area (Å²) in [6, 6.07) is -0.453. The highest BCUT2D eigenvalue weighted by Gasteiger charge is 2.15. The van der Waals surface area contributed by atoms with Gasteiger partial charge in [-0.3, -0.25) is 14.9 Å². The van der Waals surface area contributed by atoms with Crippen LogP contribution in [0.15, 0.2) is 0 Å². The summed E-state index contributed by atoms with van der Waals surface area (Å²) in [5.74, 6) is 0.0386. The van der Waals surface area contributed by atoms with Gasteiger partial charge in [-0.1, -0.05) is 6.42 Å². The summed E-state index contributed by atoms with van der Waals surface area (Å²) in [7, 11) is 1.78. The number of nitrogens with one attached hydrogen (secondary N) is 3. The first-order valence-electron chi connectivity index (χ1n) is 6.91. The molecule has 4 N–H and O–H groups in total. The third-order valence-electron chi connectivity index (χ3n) is 3.12. The van der Waals surface area contributed by atoms with Crippen molar-refractivity contribution in [2.75, 3.05) is 19.3 Å². The van der Waals surface area contributed by atoms with Gasteiger partial charge in [0.15, 0.2) is 0 Å². The van der Waals surface area contributed by atoms with Crippen LogP contribution in [0.4, 0.5) is 0 Å². The molecule has 0 spiro atoms. The van der Waals surface area contributed by atoms with Crippen molar-refractivity contribution in [3.8, 4) is 0 Å². The smallest absolute Gasteiger partial charge is 0.230 e. The summed E-state index contributed by atoms with van der Waals surface area (Å²) >= 11 is 3.85. The van der Waals surface area contributed by atoms with Crippen LogP contribution in [0.3, 0.4) is 0 Å². The van der Waals surface area contributed by atoms with Crippen LogP contribution in [0.1, 0.15) is 33.1 Å². The van der Waals surface area contributed by atoms with Crippen molar-refractivity contribution in [1.29, 1.82) is 0 Å². The maximum Gasteiger partial charge on any atom is 0.230 e. The van der Waals surface area contributed by atoms with Crippen molar-refractivity contribution >= 4 is 24.3 Å². The van der Waals surface area contributed by atoms with Crippen molar-refractivity contribution in [2.24, 2.45) is 0 Å². The van der Waals surface area contributed by atoms with Crippen LogP contribution < -0.4 is 16.0 Å². The normalized spacial score (nSPS) is 15.4. The lowest BCUT2D eigenvalue weighted by molar-refractivity contribution is -0.120. The molecule has 0 radical (unpaired) electrons. The van der Waals surface area contributed by atoms with E-state index in [0.717, 1.165) is 19.3 Å². The van der Waals surface area contributed by atoms with Crippen molar-refractivity contribution < 1.29 is 14.7 Å². The van der Waals surface area contributed by atoms with Crippen LogP contribution in [0.2, 0.25) is 0 Å². The van der Waals surface area contributed by atoms with Gasteiger partial charge in [0.25, 0.3) is 0 Å². The number of aliphatic hydroxyl groups is 1. The number of unbranched alkanes of at least 4 members (excludes halogenated alkanes) is 1. The third-order valence-corrected chi connectivity index (χ3v) is 3.41. The Hall–Kier alpha value is -0.630. The van der Waals surface area contributed by atoms with Gasteiger partial charge in [0.05, 0.1) is 17.8 Å². The van der Waals surface area contributed by atoms with E-state index in [1.807, 2.05) is 0 Å².